The van der Waals surface area contributed by atoms with Gasteiger partial charge in [-0.3, -0.25) is 0 Å². The van der Waals surface area contributed by atoms with Crippen LogP contribution in [0.1, 0.15) is 5.69 Å². The van der Waals surface area contributed by atoms with Crippen LogP contribution in [0.4, 0.5) is 10.3 Å². The van der Waals surface area contributed by atoms with E-state index in [1.165, 1.54) is 6.07 Å². The van der Waals surface area contributed by atoms with Gasteiger partial charge in [-0.05, 0) is 18.2 Å². The molecule has 0 atom stereocenters. The van der Waals surface area contributed by atoms with Crippen molar-refractivity contribution in [3.8, 4) is 5.75 Å². The molecule has 0 aliphatic heterocycles. The molecule has 0 fully saturated rings. The van der Waals surface area contributed by atoms with Crippen LogP contribution in [0.25, 0.3) is 0 Å². The highest BCUT2D eigenvalue weighted by atomic mass is 19.1. The van der Waals surface area contributed by atoms with Crippen LogP contribution >= 0.6 is 0 Å². The van der Waals surface area contributed by atoms with Gasteiger partial charge in [-0.25, -0.2) is 14.4 Å². The van der Waals surface area contributed by atoms with Gasteiger partial charge in [0.25, 0.3) is 0 Å². The minimum atomic E-state index is -0.379. The first-order valence-electron chi connectivity index (χ1n) is 5.16. The fourth-order valence-electron chi connectivity index (χ4n) is 1.31. The Hall–Kier alpha value is -2.17. The van der Waals surface area contributed by atoms with E-state index in [0.29, 0.717) is 11.6 Å². The molecule has 0 saturated carbocycles. The first kappa shape index (κ1) is 11.3. The van der Waals surface area contributed by atoms with Crippen molar-refractivity contribution in [2.45, 2.75) is 6.61 Å². The molecule has 0 radical (unpaired) electrons. The van der Waals surface area contributed by atoms with Crippen molar-refractivity contribution in [3.05, 3.63) is 48.0 Å². The van der Waals surface area contributed by atoms with Crippen molar-refractivity contribution in [2.75, 3.05) is 12.4 Å². The molecule has 1 N–H and O–H groups in total. The molecule has 0 aliphatic rings. The Morgan fingerprint density at radius 2 is 2.12 bits per heavy atom. The van der Waals surface area contributed by atoms with E-state index in [1.54, 1.807) is 37.5 Å². The van der Waals surface area contributed by atoms with Gasteiger partial charge in [0.1, 0.15) is 6.61 Å². The van der Waals surface area contributed by atoms with Gasteiger partial charge >= 0.3 is 0 Å². The molecule has 17 heavy (non-hydrogen) atoms. The van der Waals surface area contributed by atoms with Gasteiger partial charge in [0.05, 0.1) is 5.69 Å². The first-order chi connectivity index (χ1) is 8.29. The fourth-order valence-corrected chi connectivity index (χ4v) is 1.31. The Morgan fingerprint density at radius 3 is 2.88 bits per heavy atom. The lowest BCUT2D eigenvalue weighted by Gasteiger charge is -2.07. The second-order valence-corrected chi connectivity index (χ2v) is 3.34. The van der Waals surface area contributed by atoms with Gasteiger partial charge in [-0.15, -0.1) is 0 Å². The average Bonchev–Trinajstić information content (AvgIpc) is 2.38. The topological polar surface area (TPSA) is 47.0 Å². The molecule has 4 nitrogen and oxygen atoms in total. The van der Waals surface area contributed by atoms with Crippen molar-refractivity contribution in [3.63, 3.8) is 0 Å². The maximum atomic E-state index is 13.3. The Labute approximate surface area is 98.5 Å². The van der Waals surface area contributed by atoms with Gasteiger partial charge in [0.2, 0.25) is 5.95 Å². The molecule has 88 valence electrons. The van der Waals surface area contributed by atoms with E-state index in [4.69, 9.17) is 4.74 Å². The number of benzene rings is 1. The zero-order valence-corrected chi connectivity index (χ0v) is 9.35. The largest absolute Gasteiger partial charge is 0.484 e. The number of anilines is 1. The smallest absolute Gasteiger partial charge is 0.222 e. The molecule has 0 unspecified atom stereocenters. The molecular weight excluding hydrogens is 221 g/mol. The van der Waals surface area contributed by atoms with Crippen LogP contribution in [0.15, 0.2) is 36.5 Å². The molecule has 0 amide bonds. The predicted molar refractivity (Wildman–Crippen MR) is 62.3 cm³/mol. The summed E-state index contributed by atoms with van der Waals surface area (Å²) in [5.41, 5.74) is 0.688. The lowest BCUT2D eigenvalue weighted by atomic mass is 10.3. The highest BCUT2D eigenvalue weighted by molar-refractivity contribution is 5.25. The summed E-state index contributed by atoms with van der Waals surface area (Å²) in [4.78, 5) is 8.14. The zero-order valence-electron chi connectivity index (χ0n) is 9.35. The van der Waals surface area contributed by atoms with Gasteiger partial charge in [0, 0.05) is 13.2 Å². The molecular formula is C12H12FN3O. The average molecular weight is 233 g/mol. The number of nitrogens with zero attached hydrogens (tertiary/aromatic N) is 2. The van der Waals surface area contributed by atoms with Crippen LogP contribution in [0.2, 0.25) is 0 Å². The number of rotatable bonds is 4. The highest BCUT2D eigenvalue weighted by Crippen LogP contribution is 2.16. The number of para-hydroxylation sites is 1. The van der Waals surface area contributed by atoms with Crippen molar-refractivity contribution in [2.24, 2.45) is 0 Å². The summed E-state index contributed by atoms with van der Waals surface area (Å²) in [6.07, 6.45) is 1.62. The van der Waals surface area contributed by atoms with E-state index in [0.717, 1.165) is 0 Å². The lowest BCUT2D eigenvalue weighted by molar-refractivity contribution is 0.286. The van der Waals surface area contributed by atoms with Gasteiger partial charge in [-0.1, -0.05) is 12.1 Å². The number of halogens is 1. The second kappa shape index (κ2) is 5.25. The minimum Gasteiger partial charge on any atom is -0.484 e. The maximum Gasteiger partial charge on any atom is 0.222 e. The van der Waals surface area contributed by atoms with Crippen molar-refractivity contribution >= 4 is 5.95 Å². The lowest BCUT2D eigenvalue weighted by Crippen LogP contribution is -2.03. The van der Waals surface area contributed by atoms with Gasteiger partial charge in [0.15, 0.2) is 11.6 Å². The number of aromatic nitrogens is 2. The molecule has 5 heteroatoms. The SMILES string of the molecule is CNc1nccc(COc2ccccc2F)n1. The van der Waals surface area contributed by atoms with Crippen molar-refractivity contribution in [1.29, 1.82) is 0 Å². The summed E-state index contributed by atoms with van der Waals surface area (Å²) < 4.78 is 18.6. The normalized spacial score (nSPS) is 10.0. The highest BCUT2D eigenvalue weighted by Gasteiger charge is 2.03. The summed E-state index contributed by atoms with van der Waals surface area (Å²) >= 11 is 0. The van der Waals surface area contributed by atoms with E-state index < -0.39 is 0 Å². The quantitative estimate of drug-likeness (QED) is 0.879. The molecule has 1 heterocycles. The first-order valence-corrected chi connectivity index (χ1v) is 5.16. The number of hydrogen-bond donors (Lipinski definition) is 1. The van der Waals surface area contributed by atoms with Crippen LogP contribution in [0, 0.1) is 5.82 Å². The van der Waals surface area contributed by atoms with E-state index in [2.05, 4.69) is 15.3 Å². The Balaban J connectivity index is 2.05. The Morgan fingerprint density at radius 1 is 1.29 bits per heavy atom. The molecule has 2 rings (SSSR count). The maximum absolute atomic E-state index is 13.3. The summed E-state index contributed by atoms with van der Waals surface area (Å²) in [6, 6.07) is 7.99. The van der Waals surface area contributed by atoms with Crippen LogP contribution in [0.5, 0.6) is 5.75 Å². The van der Waals surface area contributed by atoms with Crippen LogP contribution in [-0.4, -0.2) is 17.0 Å². The van der Waals surface area contributed by atoms with Gasteiger partial charge in [-0.2, -0.15) is 0 Å². The second-order valence-electron chi connectivity index (χ2n) is 3.34. The van der Waals surface area contributed by atoms with Crippen molar-refractivity contribution < 1.29 is 9.13 Å². The van der Waals surface area contributed by atoms with E-state index in [-0.39, 0.29) is 18.2 Å². The Kier molecular flexibility index (Phi) is 3.49. The monoisotopic (exact) mass is 233 g/mol. The van der Waals surface area contributed by atoms with Gasteiger partial charge < -0.3 is 10.1 Å². The molecule has 0 bridgehead atoms. The van der Waals surface area contributed by atoms with Crippen LogP contribution in [-0.2, 0) is 6.61 Å². The third-order valence-corrected chi connectivity index (χ3v) is 2.15. The van der Waals surface area contributed by atoms with Crippen LogP contribution < -0.4 is 10.1 Å². The molecule has 1 aromatic heterocycles. The molecule has 0 saturated heterocycles. The Bertz CT molecular complexity index is 505. The van der Waals surface area contributed by atoms with E-state index >= 15 is 0 Å². The third-order valence-electron chi connectivity index (χ3n) is 2.15. The molecule has 2 aromatic rings. The van der Waals surface area contributed by atoms with Crippen molar-refractivity contribution in [1.82, 2.24) is 9.97 Å². The minimum absolute atomic E-state index is 0.206. The number of hydrogen-bond acceptors (Lipinski definition) is 4. The fraction of sp³-hybridized carbons (Fsp3) is 0.167. The van der Waals surface area contributed by atoms with E-state index in [1.807, 2.05) is 0 Å². The number of nitrogens with one attached hydrogen (secondary N) is 1. The molecule has 0 aliphatic carbocycles. The molecule has 0 spiro atoms. The summed E-state index contributed by atoms with van der Waals surface area (Å²) in [5, 5.41) is 2.83. The summed E-state index contributed by atoms with van der Waals surface area (Å²) in [6.45, 7) is 0.206. The molecule has 1 aromatic carbocycles. The zero-order chi connectivity index (χ0) is 12.1. The summed E-state index contributed by atoms with van der Waals surface area (Å²) in [5.74, 6) is 0.354. The number of ether oxygens (including phenoxy) is 1. The predicted octanol–water partition coefficient (Wildman–Crippen LogP) is 2.24. The summed E-state index contributed by atoms with van der Waals surface area (Å²) in [7, 11) is 1.73. The standard InChI is InChI=1S/C12H12FN3O/c1-14-12-15-7-6-9(16-12)8-17-11-5-3-2-4-10(11)13/h2-7H,8H2,1H3,(H,14,15,16). The third kappa shape index (κ3) is 2.90. The van der Waals surface area contributed by atoms with E-state index in [9.17, 15) is 4.39 Å². The van der Waals surface area contributed by atoms with Crippen LogP contribution in [0.3, 0.4) is 0 Å².